The van der Waals surface area contributed by atoms with E-state index in [1.165, 1.54) is 0 Å². The third-order valence-corrected chi connectivity index (χ3v) is 11.3. The lowest BCUT2D eigenvalue weighted by molar-refractivity contribution is -0.154. The molecule has 2 bridgehead atoms. The van der Waals surface area contributed by atoms with E-state index in [9.17, 15) is 14.7 Å². The maximum absolute atomic E-state index is 15.0. The minimum Gasteiger partial charge on any atom is -0.465 e. The summed E-state index contributed by atoms with van der Waals surface area (Å²) in [6, 6.07) is 13.6. The molecule has 2 aromatic carbocycles. The van der Waals surface area contributed by atoms with Crippen LogP contribution in [0.4, 0.5) is 5.69 Å². The second-order valence-corrected chi connectivity index (χ2v) is 13.2. The molecule has 0 aromatic heterocycles. The lowest BCUT2D eigenvalue weighted by Crippen LogP contribution is -2.58. The highest BCUT2D eigenvalue weighted by Gasteiger charge is 2.77. The summed E-state index contributed by atoms with van der Waals surface area (Å²) in [6.07, 6.45) is 4.61. The predicted octanol–water partition coefficient (Wildman–Crippen LogP) is 5.01. The Morgan fingerprint density at radius 1 is 1.19 bits per heavy atom. The molecule has 3 aliphatic heterocycles. The van der Waals surface area contributed by atoms with Crippen LogP contribution < -0.4 is 4.90 Å². The summed E-state index contributed by atoms with van der Waals surface area (Å²) < 4.78 is 4.79. The number of fused-ring (bicyclic) bond motifs is 1. The molecule has 1 spiro atoms. The normalized spacial score (nSPS) is 28.3. The number of anilines is 1. The molecule has 0 radical (unpaired) electrons. The van der Waals surface area contributed by atoms with E-state index in [-0.39, 0.29) is 42.7 Å². The lowest BCUT2D eigenvalue weighted by Gasteiger charge is -2.42. The smallest absolute Gasteiger partial charge is 0.310 e. The molecule has 0 saturated carbocycles. The van der Waals surface area contributed by atoms with Crippen molar-refractivity contribution in [2.75, 3.05) is 24.7 Å². The fraction of sp³-hybridized carbons (Fsp3) is 0.441. The zero-order chi connectivity index (χ0) is 30.2. The largest absolute Gasteiger partial charge is 0.465 e. The Balaban J connectivity index is 1.66. The van der Waals surface area contributed by atoms with Crippen molar-refractivity contribution in [1.29, 1.82) is 0 Å². The number of aliphatic hydroxyl groups is 1. The van der Waals surface area contributed by atoms with E-state index in [1.807, 2.05) is 62.4 Å². The van der Waals surface area contributed by atoms with Crippen molar-refractivity contribution in [3.05, 3.63) is 90.5 Å². The Kier molecular flexibility index (Phi) is 8.67. The van der Waals surface area contributed by atoms with Crippen LogP contribution in [0.25, 0.3) is 0 Å². The molecule has 7 atom stereocenters. The maximum atomic E-state index is 15.0. The van der Waals surface area contributed by atoms with Crippen LogP contribution in [-0.2, 0) is 19.1 Å². The van der Waals surface area contributed by atoms with Gasteiger partial charge in [0, 0.05) is 17.5 Å². The molecule has 7 nitrogen and oxygen atoms in total. The number of ether oxygens (including phenoxy) is 1. The van der Waals surface area contributed by atoms with E-state index in [0.29, 0.717) is 12.8 Å². The van der Waals surface area contributed by atoms with E-state index in [0.717, 1.165) is 22.4 Å². The SMILES string of the molecule is C=CCCOC(=O)[C@@H]1[C@H]2C(=O)N([C@H](CO)c3ccccc3)C(C(=O)N(CC=C)c3cc(C)ccc3C)C23S[C@@H]1CC3C. The van der Waals surface area contributed by atoms with Gasteiger partial charge in [-0.25, -0.2) is 0 Å². The molecule has 3 saturated heterocycles. The molecular formula is C34H40N2O5S. The first-order chi connectivity index (χ1) is 20.2. The van der Waals surface area contributed by atoms with Gasteiger partial charge in [-0.3, -0.25) is 14.4 Å². The Bertz CT molecular complexity index is 1380. The van der Waals surface area contributed by atoms with Crippen molar-refractivity contribution in [3.8, 4) is 0 Å². The number of hydrogen-bond acceptors (Lipinski definition) is 6. The van der Waals surface area contributed by atoms with Gasteiger partial charge in [0.2, 0.25) is 5.91 Å². The third kappa shape index (κ3) is 4.78. The van der Waals surface area contributed by atoms with Crippen molar-refractivity contribution in [2.45, 2.75) is 55.7 Å². The number of benzene rings is 2. The van der Waals surface area contributed by atoms with Crippen molar-refractivity contribution >= 4 is 35.2 Å². The number of aryl methyl sites for hydroxylation is 2. The fourth-order valence-corrected chi connectivity index (χ4v) is 9.70. The number of esters is 1. The predicted molar refractivity (Wildman–Crippen MR) is 166 cm³/mol. The summed E-state index contributed by atoms with van der Waals surface area (Å²) in [5, 5.41) is 10.6. The van der Waals surface area contributed by atoms with Crippen molar-refractivity contribution in [3.63, 3.8) is 0 Å². The summed E-state index contributed by atoms with van der Waals surface area (Å²) in [5.41, 5.74) is 3.44. The number of rotatable bonds is 11. The number of carbonyl (C=O) groups is 3. The Labute approximate surface area is 252 Å². The van der Waals surface area contributed by atoms with Crippen LogP contribution in [0.3, 0.4) is 0 Å². The molecule has 3 fully saturated rings. The number of nitrogens with zero attached hydrogens (tertiary/aromatic N) is 2. The Morgan fingerprint density at radius 2 is 1.93 bits per heavy atom. The Hall–Kier alpha value is -3.36. The van der Waals surface area contributed by atoms with Crippen LogP contribution in [0.2, 0.25) is 0 Å². The molecule has 3 heterocycles. The molecule has 2 amide bonds. The highest BCUT2D eigenvalue weighted by Crippen LogP contribution is 2.69. The molecule has 0 aliphatic carbocycles. The van der Waals surface area contributed by atoms with Crippen LogP contribution in [0.5, 0.6) is 0 Å². The van der Waals surface area contributed by atoms with Gasteiger partial charge in [0.15, 0.2) is 0 Å². The van der Waals surface area contributed by atoms with Gasteiger partial charge in [0.25, 0.3) is 5.91 Å². The van der Waals surface area contributed by atoms with Gasteiger partial charge < -0.3 is 19.6 Å². The summed E-state index contributed by atoms with van der Waals surface area (Å²) in [4.78, 5) is 46.5. The summed E-state index contributed by atoms with van der Waals surface area (Å²) in [7, 11) is 0. The highest BCUT2D eigenvalue weighted by molar-refractivity contribution is 8.02. The van der Waals surface area contributed by atoms with Gasteiger partial charge >= 0.3 is 5.97 Å². The number of hydrogen-bond donors (Lipinski definition) is 1. The van der Waals surface area contributed by atoms with Crippen LogP contribution in [-0.4, -0.2) is 63.6 Å². The molecular weight excluding hydrogens is 548 g/mol. The van der Waals surface area contributed by atoms with Crippen molar-refractivity contribution in [1.82, 2.24) is 4.90 Å². The number of aliphatic hydroxyl groups excluding tert-OH is 1. The zero-order valence-corrected chi connectivity index (χ0v) is 25.4. The van der Waals surface area contributed by atoms with Crippen LogP contribution in [0.15, 0.2) is 73.8 Å². The maximum Gasteiger partial charge on any atom is 0.310 e. The molecule has 42 heavy (non-hydrogen) atoms. The summed E-state index contributed by atoms with van der Waals surface area (Å²) in [6.45, 7) is 13.8. The minimum atomic E-state index is -0.900. The number of thioether (sulfide) groups is 1. The first kappa shape index (κ1) is 30.1. The average Bonchev–Trinajstić information content (AvgIpc) is 3.58. The molecule has 2 aromatic rings. The second-order valence-electron chi connectivity index (χ2n) is 11.7. The monoisotopic (exact) mass is 588 g/mol. The van der Waals surface area contributed by atoms with Crippen molar-refractivity contribution < 1.29 is 24.2 Å². The first-order valence-electron chi connectivity index (χ1n) is 14.6. The highest BCUT2D eigenvalue weighted by atomic mass is 32.2. The van der Waals surface area contributed by atoms with E-state index in [1.54, 1.807) is 33.7 Å². The molecule has 8 heteroatoms. The van der Waals surface area contributed by atoms with E-state index in [4.69, 9.17) is 4.74 Å². The van der Waals surface area contributed by atoms with Crippen LogP contribution >= 0.6 is 11.8 Å². The van der Waals surface area contributed by atoms with Gasteiger partial charge in [-0.15, -0.1) is 24.9 Å². The standard InChI is InChI=1S/C34H40N2O5S/c1-6-8-17-41-33(40)28-27-19-23(5)34(42-27)29(28)31(38)36(26(20-37)24-12-10-9-11-13-24)30(34)32(39)35(16-7-2)25-18-21(3)14-15-22(25)4/h6-7,9-15,18,23,26-30,37H,1-2,8,16-17,19-20H2,3-5H3/t23?,26-,27-,28+,29+,30?,34?/m1/s1. The molecule has 222 valence electrons. The minimum absolute atomic E-state index is 0.0167. The lowest BCUT2D eigenvalue weighted by atomic mass is 9.66. The van der Waals surface area contributed by atoms with E-state index < -0.39 is 34.6 Å². The molecule has 1 N–H and O–H groups in total. The van der Waals surface area contributed by atoms with Gasteiger partial charge in [-0.2, -0.15) is 0 Å². The second kappa shape index (κ2) is 12.1. The number of likely N-dealkylation sites (tertiary alicyclic amines) is 1. The molecule has 3 unspecified atom stereocenters. The third-order valence-electron chi connectivity index (χ3n) is 9.18. The zero-order valence-electron chi connectivity index (χ0n) is 24.6. The molecule has 5 rings (SSSR count). The van der Waals surface area contributed by atoms with Gasteiger partial charge in [-0.1, -0.05) is 61.5 Å². The van der Waals surface area contributed by atoms with Gasteiger partial charge in [0.05, 0.1) is 35.8 Å². The number of carbonyl (C=O) groups excluding carboxylic acids is 3. The van der Waals surface area contributed by atoms with Crippen molar-refractivity contribution in [2.24, 2.45) is 17.8 Å². The summed E-state index contributed by atoms with van der Waals surface area (Å²) >= 11 is 1.60. The molecule has 3 aliphatic rings. The van der Waals surface area contributed by atoms with E-state index >= 15 is 4.79 Å². The topological polar surface area (TPSA) is 87.1 Å². The Morgan fingerprint density at radius 3 is 2.60 bits per heavy atom. The first-order valence-corrected chi connectivity index (χ1v) is 15.5. The van der Waals surface area contributed by atoms with Gasteiger partial charge in [0.1, 0.15) is 6.04 Å². The van der Waals surface area contributed by atoms with Crippen LogP contribution in [0, 0.1) is 31.6 Å². The van der Waals surface area contributed by atoms with Gasteiger partial charge in [-0.05, 0) is 55.4 Å². The quantitative estimate of drug-likeness (QED) is 0.226. The fourth-order valence-electron chi connectivity index (χ4n) is 7.31. The summed E-state index contributed by atoms with van der Waals surface area (Å²) in [5.74, 6) is -2.31. The van der Waals surface area contributed by atoms with E-state index in [2.05, 4.69) is 20.1 Å². The van der Waals surface area contributed by atoms with Crippen LogP contribution in [0.1, 0.15) is 42.5 Å². The average molecular weight is 589 g/mol. The number of amides is 2.